The number of aliphatic hydroxyl groups excluding tert-OH is 1. The summed E-state index contributed by atoms with van der Waals surface area (Å²) in [7, 11) is 0. The van der Waals surface area contributed by atoms with E-state index in [0.717, 1.165) is 38.5 Å². The summed E-state index contributed by atoms with van der Waals surface area (Å²) < 4.78 is 0. The zero-order valence-corrected chi connectivity index (χ0v) is 12.8. The van der Waals surface area contributed by atoms with Crippen LogP contribution in [0.3, 0.4) is 0 Å². The third-order valence-electron chi connectivity index (χ3n) is 6.11. The molecule has 0 heterocycles. The lowest BCUT2D eigenvalue weighted by Gasteiger charge is -2.68. The van der Waals surface area contributed by atoms with E-state index < -0.39 is 11.6 Å². The minimum absolute atomic E-state index is 0.0284. The van der Waals surface area contributed by atoms with Gasteiger partial charge in [-0.3, -0.25) is 0 Å². The number of carbonyl (C=O) groups is 1. The number of aliphatic carboxylic acids is 1. The fourth-order valence-corrected chi connectivity index (χ4v) is 6.50. The number of aliphatic hydroxyl groups is 2. The van der Waals surface area contributed by atoms with E-state index in [1.165, 1.54) is 0 Å². The highest BCUT2D eigenvalue weighted by atomic mass is 16.4. The Bertz CT molecular complexity index is 477. The molecule has 0 aromatic rings. The SMILES string of the molecule is C=C(CCC12CC3(C)CC(O)(CC(CO)(C3)C1)C2)C(=O)O. The Morgan fingerprint density at radius 1 is 1.10 bits per heavy atom. The number of hydrogen-bond donors (Lipinski definition) is 3. The van der Waals surface area contributed by atoms with Gasteiger partial charge in [0, 0.05) is 12.2 Å². The van der Waals surface area contributed by atoms with Crippen LogP contribution in [0.1, 0.15) is 58.3 Å². The van der Waals surface area contributed by atoms with Gasteiger partial charge in [-0.1, -0.05) is 13.5 Å². The van der Waals surface area contributed by atoms with Crippen LogP contribution in [0, 0.1) is 16.2 Å². The maximum absolute atomic E-state index is 11.0. The van der Waals surface area contributed by atoms with Crippen LogP contribution in [0.4, 0.5) is 0 Å². The minimum Gasteiger partial charge on any atom is -0.478 e. The highest BCUT2D eigenvalue weighted by Crippen LogP contribution is 2.71. The quantitative estimate of drug-likeness (QED) is 0.681. The largest absolute Gasteiger partial charge is 0.478 e. The number of rotatable bonds is 5. The molecule has 4 aliphatic rings. The lowest BCUT2D eigenvalue weighted by molar-refractivity contribution is -0.239. The molecular weight excluding hydrogens is 268 g/mol. The molecule has 0 radical (unpaired) electrons. The van der Waals surface area contributed by atoms with Crippen molar-refractivity contribution in [1.82, 2.24) is 0 Å². The van der Waals surface area contributed by atoms with E-state index >= 15 is 0 Å². The van der Waals surface area contributed by atoms with Gasteiger partial charge in [-0.15, -0.1) is 0 Å². The first-order valence-corrected chi connectivity index (χ1v) is 7.87. The van der Waals surface area contributed by atoms with Crippen molar-refractivity contribution in [3.05, 3.63) is 12.2 Å². The number of carboxylic acid groups (broad SMARTS) is 1. The molecule has 0 aromatic heterocycles. The Balaban J connectivity index is 1.86. The van der Waals surface area contributed by atoms with Gasteiger partial charge in [0.1, 0.15) is 0 Å². The van der Waals surface area contributed by atoms with Crippen molar-refractivity contribution in [3.8, 4) is 0 Å². The van der Waals surface area contributed by atoms with Crippen LogP contribution < -0.4 is 0 Å². The Morgan fingerprint density at radius 2 is 1.71 bits per heavy atom. The molecule has 4 rings (SSSR count). The van der Waals surface area contributed by atoms with Crippen molar-refractivity contribution in [3.63, 3.8) is 0 Å². The molecule has 4 fully saturated rings. The molecule has 4 unspecified atom stereocenters. The Hall–Kier alpha value is -0.870. The van der Waals surface area contributed by atoms with E-state index in [9.17, 15) is 15.0 Å². The molecule has 4 heteroatoms. The molecule has 4 aliphatic carbocycles. The summed E-state index contributed by atoms with van der Waals surface area (Å²) in [5, 5.41) is 29.9. The summed E-state index contributed by atoms with van der Waals surface area (Å²) >= 11 is 0. The van der Waals surface area contributed by atoms with E-state index in [1.807, 2.05) is 0 Å². The molecule has 4 atom stereocenters. The molecule has 118 valence electrons. The second-order valence-electron chi connectivity index (χ2n) is 8.66. The van der Waals surface area contributed by atoms with Crippen LogP contribution in [0.2, 0.25) is 0 Å². The summed E-state index contributed by atoms with van der Waals surface area (Å²) in [5.41, 5.74) is -0.531. The van der Waals surface area contributed by atoms with Crippen LogP contribution >= 0.6 is 0 Å². The lowest BCUT2D eigenvalue weighted by atomic mass is 9.38. The Labute approximate surface area is 125 Å². The van der Waals surface area contributed by atoms with E-state index in [-0.39, 0.29) is 28.4 Å². The van der Waals surface area contributed by atoms with Gasteiger partial charge in [-0.05, 0) is 67.6 Å². The van der Waals surface area contributed by atoms with Crippen LogP contribution in [0.5, 0.6) is 0 Å². The third kappa shape index (κ3) is 2.42. The summed E-state index contributed by atoms with van der Waals surface area (Å²) in [6.45, 7) is 5.99. The fourth-order valence-electron chi connectivity index (χ4n) is 6.50. The van der Waals surface area contributed by atoms with Crippen molar-refractivity contribution in [2.75, 3.05) is 6.61 Å². The smallest absolute Gasteiger partial charge is 0.330 e. The standard InChI is InChI=1S/C17H26O4/c1-12(13(19)20)3-4-15-5-14(2)6-16(8-15,11-18)10-17(21,7-14)9-15/h18,21H,1,3-11H2,2H3,(H,19,20). The molecule has 0 aliphatic heterocycles. The first kappa shape index (κ1) is 15.0. The zero-order chi connectivity index (χ0) is 15.5. The average Bonchev–Trinajstić information content (AvgIpc) is 2.31. The molecule has 21 heavy (non-hydrogen) atoms. The molecule has 0 saturated heterocycles. The normalized spacial score (nSPS) is 47.6. The molecule has 0 spiro atoms. The molecular formula is C17H26O4. The molecule has 4 nitrogen and oxygen atoms in total. The van der Waals surface area contributed by atoms with Gasteiger partial charge in [0.2, 0.25) is 0 Å². The summed E-state index contributed by atoms with van der Waals surface area (Å²) in [5.74, 6) is -0.929. The lowest BCUT2D eigenvalue weighted by Crippen LogP contribution is -2.64. The monoisotopic (exact) mass is 294 g/mol. The second kappa shape index (κ2) is 4.32. The van der Waals surface area contributed by atoms with Gasteiger partial charge in [0.25, 0.3) is 0 Å². The predicted molar refractivity (Wildman–Crippen MR) is 78.7 cm³/mol. The Kier molecular flexibility index (Phi) is 3.10. The zero-order valence-electron chi connectivity index (χ0n) is 12.8. The van der Waals surface area contributed by atoms with Crippen LogP contribution in [-0.2, 0) is 4.79 Å². The fraction of sp³-hybridized carbons (Fsp3) is 0.824. The third-order valence-corrected chi connectivity index (χ3v) is 6.11. The molecule has 4 bridgehead atoms. The Morgan fingerprint density at radius 3 is 2.29 bits per heavy atom. The highest BCUT2D eigenvalue weighted by Gasteiger charge is 2.66. The van der Waals surface area contributed by atoms with Gasteiger partial charge in [-0.25, -0.2) is 4.79 Å². The van der Waals surface area contributed by atoms with E-state index in [2.05, 4.69) is 13.5 Å². The van der Waals surface area contributed by atoms with Gasteiger partial charge < -0.3 is 15.3 Å². The molecule has 4 saturated carbocycles. The maximum Gasteiger partial charge on any atom is 0.330 e. The highest BCUT2D eigenvalue weighted by molar-refractivity contribution is 5.85. The van der Waals surface area contributed by atoms with Gasteiger partial charge in [0.05, 0.1) is 5.60 Å². The predicted octanol–water partition coefficient (Wildman–Crippen LogP) is 2.49. The van der Waals surface area contributed by atoms with Gasteiger partial charge in [-0.2, -0.15) is 0 Å². The van der Waals surface area contributed by atoms with Gasteiger partial charge >= 0.3 is 5.97 Å². The summed E-state index contributed by atoms with van der Waals surface area (Å²) in [6, 6.07) is 0. The van der Waals surface area contributed by atoms with E-state index in [1.54, 1.807) is 0 Å². The van der Waals surface area contributed by atoms with Crippen molar-refractivity contribution in [2.45, 2.75) is 63.9 Å². The minimum atomic E-state index is -0.929. The van der Waals surface area contributed by atoms with Crippen molar-refractivity contribution in [2.24, 2.45) is 16.2 Å². The summed E-state index contributed by atoms with van der Waals surface area (Å²) in [4.78, 5) is 11.0. The van der Waals surface area contributed by atoms with Gasteiger partial charge in [0.15, 0.2) is 0 Å². The number of hydrogen-bond acceptors (Lipinski definition) is 3. The number of carboxylic acids is 1. The first-order valence-electron chi connectivity index (χ1n) is 7.87. The van der Waals surface area contributed by atoms with Crippen molar-refractivity contribution in [1.29, 1.82) is 0 Å². The van der Waals surface area contributed by atoms with Crippen LogP contribution in [0.25, 0.3) is 0 Å². The maximum atomic E-state index is 11.0. The topological polar surface area (TPSA) is 77.8 Å². The van der Waals surface area contributed by atoms with Crippen LogP contribution in [-0.4, -0.2) is 33.5 Å². The van der Waals surface area contributed by atoms with Crippen molar-refractivity contribution < 1.29 is 20.1 Å². The summed E-state index contributed by atoms with van der Waals surface area (Å²) in [6.07, 6.45) is 6.46. The van der Waals surface area contributed by atoms with E-state index in [4.69, 9.17) is 5.11 Å². The average molecular weight is 294 g/mol. The molecule has 3 N–H and O–H groups in total. The second-order valence-corrected chi connectivity index (χ2v) is 8.66. The van der Waals surface area contributed by atoms with Crippen molar-refractivity contribution >= 4 is 5.97 Å². The first-order chi connectivity index (χ1) is 9.63. The molecule has 0 aromatic carbocycles. The van der Waals surface area contributed by atoms with E-state index in [0.29, 0.717) is 12.8 Å². The van der Waals surface area contributed by atoms with Crippen LogP contribution in [0.15, 0.2) is 12.2 Å². The molecule has 0 amide bonds.